The number of rotatable bonds is 7. The van der Waals surface area contributed by atoms with Crippen LogP contribution in [0.3, 0.4) is 0 Å². The number of amides is 1. The number of nitrogens with zero attached hydrogens (tertiary/aromatic N) is 2. The molecule has 0 bridgehead atoms. The van der Waals surface area contributed by atoms with E-state index in [4.69, 9.17) is 9.84 Å². The van der Waals surface area contributed by atoms with E-state index in [0.29, 0.717) is 5.69 Å². The zero-order valence-electron chi connectivity index (χ0n) is 15.5. The lowest BCUT2D eigenvalue weighted by molar-refractivity contribution is -0.139. The van der Waals surface area contributed by atoms with Gasteiger partial charge in [0, 0.05) is 7.11 Å². The Kier molecular flexibility index (Phi) is 6.13. The van der Waals surface area contributed by atoms with Crippen LogP contribution in [-0.2, 0) is 15.7 Å². The van der Waals surface area contributed by atoms with Crippen molar-refractivity contribution in [3.8, 4) is 5.69 Å². The number of hydrogen-bond donors (Lipinski definition) is 2. The highest BCUT2D eigenvalue weighted by atomic mass is 19.4. The van der Waals surface area contributed by atoms with Crippen LogP contribution in [0.5, 0.6) is 0 Å². The summed E-state index contributed by atoms with van der Waals surface area (Å²) in [6.07, 6.45) is -3.65. The molecule has 1 amide bonds. The van der Waals surface area contributed by atoms with E-state index in [2.05, 4.69) is 10.4 Å². The zero-order valence-corrected chi connectivity index (χ0v) is 15.5. The molecule has 0 aliphatic carbocycles. The molecular formula is C18H20F3N3O4. The number of aromatic nitrogens is 2. The predicted octanol–water partition coefficient (Wildman–Crippen LogP) is 2.81. The number of carboxylic acid groups (broad SMARTS) is 1. The van der Waals surface area contributed by atoms with Gasteiger partial charge in [-0.25, -0.2) is 4.68 Å². The van der Waals surface area contributed by atoms with Crippen LogP contribution in [0.2, 0.25) is 0 Å². The van der Waals surface area contributed by atoms with Crippen LogP contribution in [0.15, 0.2) is 30.5 Å². The number of aliphatic carboxylic acids is 1. The second-order valence-corrected chi connectivity index (χ2v) is 6.62. The third-order valence-electron chi connectivity index (χ3n) is 4.09. The van der Waals surface area contributed by atoms with Crippen molar-refractivity contribution in [3.63, 3.8) is 0 Å². The maximum atomic E-state index is 12.9. The highest BCUT2D eigenvalue weighted by Gasteiger charge is 2.32. The molecule has 0 fully saturated rings. The Bertz CT molecular complexity index is 879. The highest BCUT2D eigenvalue weighted by Crippen LogP contribution is 2.30. The molecule has 10 heteroatoms. The summed E-state index contributed by atoms with van der Waals surface area (Å²) in [4.78, 5) is 23.7. The smallest absolute Gasteiger partial charge is 0.416 e. The van der Waals surface area contributed by atoms with Crippen molar-refractivity contribution in [2.24, 2.45) is 0 Å². The van der Waals surface area contributed by atoms with Crippen LogP contribution in [0.25, 0.3) is 5.69 Å². The Hall–Kier alpha value is -2.88. The zero-order chi connectivity index (χ0) is 21.1. The number of alkyl halides is 3. The van der Waals surface area contributed by atoms with Gasteiger partial charge in [0.25, 0.3) is 5.91 Å². The summed E-state index contributed by atoms with van der Waals surface area (Å²) in [5.41, 5.74) is -1.42. The van der Waals surface area contributed by atoms with Crippen molar-refractivity contribution < 1.29 is 32.6 Å². The lowest BCUT2D eigenvalue weighted by Crippen LogP contribution is -2.50. The normalized spacial score (nSPS) is 13.8. The highest BCUT2D eigenvalue weighted by molar-refractivity contribution is 5.96. The van der Waals surface area contributed by atoms with E-state index >= 15 is 0 Å². The predicted molar refractivity (Wildman–Crippen MR) is 93.3 cm³/mol. The minimum atomic E-state index is -4.50. The van der Waals surface area contributed by atoms with Crippen molar-refractivity contribution in [1.82, 2.24) is 15.1 Å². The van der Waals surface area contributed by atoms with Crippen LogP contribution in [0.4, 0.5) is 13.2 Å². The summed E-state index contributed by atoms with van der Waals surface area (Å²) >= 11 is 0. The molecule has 0 radical (unpaired) electrons. The molecule has 0 aliphatic rings. The van der Waals surface area contributed by atoms with Gasteiger partial charge >= 0.3 is 12.1 Å². The fraction of sp³-hybridized carbons (Fsp3) is 0.389. The Morgan fingerprint density at radius 2 is 2.00 bits per heavy atom. The first-order chi connectivity index (χ1) is 13.0. The van der Waals surface area contributed by atoms with Gasteiger partial charge in [-0.1, -0.05) is 6.07 Å². The number of nitrogens with one attached hydrogen (secondary N) is 1. The Labute approximate surface area is 159 Å². The van der Waals surface area contributed by atoms with Gasteiger partial charge in [-0.05, 0) is 32.0 Å². The van der Waals surface area contributed by atoms with Crippen molar-refractivity contribution >= 4 is 11.9 Å². The molecular weight excluding hydrogens is 379 g/mol. The Morgan fingerprint density at radius 3 is 2.57 bits per heavy atom. The molecule has 1 aromatic carbocycles. The third kappa shape index (κ3) is 4.89. The molecule has 0 aliphatic heterocycles. The molecule has 1 heterocycles. The lowest BCUT2D eigenvalue weighted by Gasteiger charge is -2.28. The van der Waals surface area contributed by atoms with Crippen molar-refractivity contribution in [2.45, 2.75) is 32.0 Å². The molecule has 1 unspecified atom stereocenters. The first-order valence-corrected chi connectivity index (χ1v) is 8.22. The van der Waals surface area contributed by atoms with Gasteiger partial charge in [0.1, 0.15) is 0 Å². The number of carbonyl (C=O) groups is 2. The Morgan fingerprint density at radius 1 is 1.32 bits per heavy atom. The number of carbonyl (C=O) groups excluding carboxylic acids is 1. The summed E-state index contributed by atoms with van der Waals surface area (Å²) < 4.78 is 45.0. The Balaban J connectivity index is 2.32. The lowest BCUT2D eigenvalue weighted by atomic mass is 9.98. The quantitative estimate of drug-likeness (QED) is 0.747. The molecule has 1 atom stereocenters. The van der Waals surface area contributed by atoms with E-state index in [1.54, 1.807) is 0 Å². The minimum absolute atomic E-state index is 0.0359. The third-order valence-corrected chi connectivity index (χ3v) is 4.09. The molecule has 7 nitrogen and oxygen atoms in total. The number of carboxylic acids is 1. The van der Waals surface area contributed by atoms with Crippen LogP contribution in [0.1, 0.15) is 35.0 Å². The van der Waals surface area contributed by atoms with Crippen LogP contribution in [-0.4, -0.2) is 46.0 Å². The van der Waals surface area contributed by atoms with Crippen LogP contribution >= 0.6 is 0 Å². The van der Waals surface area contributed by atoms with E-state index in [0.717, 1.165) is 12.1 Å². The second-order valence-electron chi connectivity index (χ2n) is 6.62. The summed E-state index contributed by atoms with van der Waals surface area (Å²) in [6.45, 7) is 3.02. The monoisotopic (exact) mass is 399 g/mol. The average Bonchev–Trinajstić information content (AvgIpc) is 2.95. The van der Waals surface area contributed by atoms with Gasteiger partial charge in [0.2, 0.25) is 0 Å². The molecule has 2 N–H and O–H groups in total. The van der Waals surface area contributed by atoms with Gasteiger partial charge < -0.3 is 15.2 Å². The second kappa shape index (κ2) is 8.01. The number of hydrogen-bond acceptors (Lipinski definition) is 4. The standard InChI is InChI=1S/C18H20F3N3O4/c1-11-14(16(27)23-17(2,10-28-3)8-15(25)26)9-22-24(11)13-6-4-5-12(7-13)18(19,20)21/h4-7,9H,8,10H2,1-3H3,(H,23,27)(H,25,26). The topological polar surface area (TPSA) is 93.4 Å². The van der Waals surface area contributed by atoms with Crippen molar-refractivity contribution in [1.29, 1.82) is 0 Å². The van der Waals surface area contributed by atoms with Crippen molar-refractivity contribution in [3.05, 3.63) is 47.3 Å². The van der Waals surface area contributed by atoms with E-state index in [1.807, 2.05) is 0 Å². The van der Waals surface area contributed by atoms with Crippen molar-refractivity contribution in [2.75, 3.05) is 13.7 Å². The first kappa shape index (κ1) is 21.4. The van der Waals surface area contributed by atoms with E-state index in [9.17, 15) is 22.8 Å². The number of ether oxygens (including phenoxy) is 1. The fourth-order valence-corrected chi connectivity index (χ4v) is 2.83. The molecule has 0 saturated heterocycles. The average molecular weight is 399 g/mol. The van der Waals surface area contributed by atoms with Gasteiger partial charge in [-0.15, -0.1) is 0 Å². The number of benzene rings is 1. The molecule has 0 spiro atoms. The minimum Gasteiger partial charge on any atom is -0.481 e. The maximum absolute atomic E-state index is 12.9. The molecule has 152 valence electrons. The van der Waals surface area contributed by atoms with E-state index in [-0.39, 0.29) is 24.3 Å². The maximum Gasteiger partial charge on any atom is 0.416 e. The van der Waals surface area contributed by atoms with Crippen LogP contribution < -0.4 is 5.32 Å². The van der Waals surface area contributed by atoms with Gasteiger partial charge in [0.05, 0.1) is 47.3 Å². The SMILES string of the molecule is COCC(C)(CC(=O)O)NC(=O)c1cnn(-c2cccc(C(F)(F)F)c2)c1C. The van der Waals surface area contributed by atoms with Gasteiger partial charge in [-0.2, -0.15) is 18.3 Å². The van der Waals surface area contributed by atoms with Gasteiger partial charge in [-0.3, -0.25) is 9.59 Å². The number of halogens is 3. The molecule has 2 aromatic rings. The van der Waals surface area contributed by atoms with Crippen LogP contribution in [0, 0.1) is 6.92 Å². The molecule has 1 aromatic heterocycles. The first-order valence-electron chi connectivity index (χ1n) is 8.22. The fourth-order valence-electron chi connectivity index (χ4n) is 2.83. The van der Waals surface area contributed by atoms with E-state index in [1.165, 1.54) is 44.0 Å². The summed E-state index contributed by atoms with van der Waals surface area (Å²) in [6, 6.07) is 4.57. The summed E-state index contributed by atoms with van der Waals surface area (Å²) in [7, 11) is 1.38. The van der Waals surface area contributed by atoms with Gasteiger partial charge in [0.15, 0.2) is 0 Å². The largest absolute Gasteiger partial charge is 0.481 e. The summed E-state index contributed by atoms with van der Waals surface area (Å²) in [5.74, 6) is -1.72. The molecule has 2 rings (SSSR count). The molecule has 28 heavy (non-hydrogen) atoms. The van der Waals surface area contributed by atoms with E-state index < -0.39 is 29.2 Å². The molecule has 0 saturated carbocycles. The summed E-state index contributed by atoms with van der Waals surface area (Å²) in [5, 5.41) is 15.7. The number of methoxy groups -OCH3 is 1.